The Kier molecular flexibility index (Phi) is 33.6. The van der Waals surface area contributed by atoms with Crippen LogP contribution in [0.25, 0.3) is 0 Å². The second-order valence-electron chi connectivity index (χ2n) is 17.1. The first-order chi connectivity index (χ1) is 33.0. The van der Waals surface area contributed by atoms with Gasteiger partial charge in [0.05, 0.1) is 24.7 Å². The summed E-state index contributed by atoms with van der Waals surface area (Å²) in [6.45, 7) is 2.41. The van der Waals surface area contributed by atoms with Crippen LogP contribution in [-0.2, 0) is 40.0 Å². The van der Waals surface area contributed by atoms with Gasteiger partial charge in [0.25, 0.3) is 0 Å². The second-order valence-corrected chi connectivity index (χ2v) is 17.4. The highest BCUT2D eigenvalue weighted by Gasteiger charge is 2.32. The van der Waals surface area contributed by atoms with Crippen molar-refractivity contribution in [1.29, 1.82) is 5.41 Å². The monoisotopic (exact) mass is 994 g/mol. The van der Waals surface area contributed by atoms with Gasteiger partial charge in [-0.3, -0.25) is 44.0 Å². The number of aliphatic imine (C=N–C) groups is 1. The fraction of sp³-hybridized carbons (Fsp3) is 0.733. The van der Waals surface area contributed by atoms with E-state index in [9.17, 15) is 38.7 Å². The highest BCUT2D eigenvalue weighted by atomic mass is 32.1. The van der Waals surface area contributed by atoms with Crippen molar-refractivity contribution in [2.75, 3.05) is 58.1 Å². The standard InChI is InChI=1S/C45H83N15O8S/c1-32(61)28-39(63)58-35(30-69)42(66)54-24-26-59(40(64)17-6-2-5-16-38(48)49)36(14-7-9-21-47)44(68)55-25-27-60(41(65)19-18-33-29-52-31-57-33)37(15-11-23-56-45(50)51)43(67)53-22-10-13-34(62)12-4-3-8-20-46/h29,31-32,35-37,61,69H,2-28,30,46-47H2,1H3,(H3,48,49)(H,52,57)(H,53,67)(H,54,66)(H,55,68)(H,58,63)(H4,50,51,56). The molecule has 0 aliphatic rings. The third-order valence-corrected chi connectivity index (χ3v) is 11.4. The number of ketones is 1. The predicted octanol–water partition coefficient (Wildman–Crippen LogP) is -0.792. The summed E-state index contributed by atoms with van der Waals surface area (Å²) in [5.41, 5.74) is 28.7. The number of hydrogen-bond acceptors (Lipinski definition) is 14. The number of carbonyl (C=O) groups is 7. The zero-order valence-electron chi connectivity index (χ0n) is 40.7. The van der Waals surface area contributed by atoms with Crippen LogP contribution < -0.4 is 49.9 Å². The zero-order valence-corrected chi connectivity index (χ0v) is 41.6. The molecule has 0 aromatic carbocycles. The van der Waals surface area contributed by atoms with E-state index in [4.69, 9.17) is 34.1 Å². The number of aromatic nitrogens is 2. The second kappa shape index (κ2) is 37.6. The van der Waals surface area contributed by atoms with Crippen molar-refractivity contribution in [1.82, 2.24) is 41.0 Å². The number of amidine groups is 1. The highest BCUT2D eigenvalue weighted by molar-refractivity contribution is 7.80. The number of aliphatic hydroxyl groups excluding tert-OH is 1. The van der Waals surface area contributed by atoms with Crippen molar-refractivity contribution < 1.29 is 38.7 Å². The normalized spacial score (nSPS) is 12.7. The van der Waals surface area contributed by atoms with Gasteiger partial charge in [-0.1, -0.05) is 12.8 Å². The molecule has 0 fully saturated rings. The van der Waals surface area contributed by atoms with E-state index >= 15 is 0 Å². The molecule has 1 rings (SSSR count). The summed E-state index contributed by atoms with van der Waals surface area (Å²) < 4.78 is 0. The summed E-state index contributed by atoms with van der Waals surface area (Å²) in [6.07, 6.45) is 9.76. The lowest BCUT2D eigenvalue weighted by atomic mass is 10.0. The number of aromatic amines is 1. The van der Waals surface area contributed by atoms with Crippen LogP contribution in [0.15, 0.2) is 17.5 Å². The molecule has 4 atom stereocenters. The van der Waals surface area contributed by atoms with Gasteiger partial charge in [-0.05, 0) is 90.6 Å². The van der Waals surface area contributed by atoms with Gasteiger partial charge >= 0.3 is 0 Å². The lowest BCUT2D eigenvalue weighted by Crippen LogP contribution is -2.55. The van der Waals surface area contributed by atoms with E-state index in [1.165, 1.54) is 23.1 Å². The molecule has 0 radical (unpaired) electrons. The molecular weight excluding hydrogens is 911 g/mol. The van der Waals surface area contributed by atoms with Crippen molar-refractivity contribution >= 4 is 65.7 Å². The number of nitrogens with one attached hydrogen (secondary N) is 6. The fourth-order valence-electron chi connectivity index (χ4n) is 7.40. The maximum atomic E-state index is 14.3. The molecule has 0 spiro atoms. The Morgan fingerprint density at radius 1 is 0.739 bits per heavy atom. The quantitative estimate of drug-likeness (QED) is 0.0166. The molecule has 0 bridgehead atoms. The number of guanidine groups is 1. The van der Waals surface area contributed by atoms with E-state index < -0.39 is 47.9 Å². The van der Waals surface area contributed by atoms with E-state index in [1.807, 2.05) is 0 Å². The zero-order chi connectivity index (χ0) is 51.4. The van der Waals surface area contributed by atoms with Crippen molar-refractivity contribution in [3.63, 3.8) is 0 Å². The molecule has 0 aliphatic carbocycles. The minimum Gasteiger partial charge on any atom is -0.393 e. The van der Waals surface area contributed by atoms with Gasteiger partial charge in [0.2, 0.25) is 35.4 Å². The number of carbonyl (C=O) groups excluding carboxylic acids is 7. The van der Waals surface area contributed by atoms with Crippen molar-refractivity contribution in [2.24, 2.45) is 33.7 Å². The number of aliphatic hydroxyl groups is 1. The Morgan fingerprint density at radius 2 is 1.29 bits per heavy atom. The minimum atomic E-state index is -1.03. The van der Waals surface area contributed by atoms with Gasteiger partial charge in [-0.15, -0.1) is 0 Å². The SMILES string of the molecule is CC(O)CC(=O)NC(CS)C(=O)NCCN(C(=O)CCCCCC(=N)N)C(CCCCN)C(=O)NCCN(C(=O)CCc1cnc[nH]1)C(CCCN=C(N)N)C(=O)NCCCC(=O)CCCCCN. The summed E-state index contributed by atoms with van der Waals surface area (Å²) in [7, 11) is 0. The van der Waals surface area contributed by atoms with E-state index in [-0.39, 0.29) is 113 Å². The number of imidazole rings is 1. The van der Waals surface area contributed by atoms with E-state index in [1.54, 1.807) is 6.20 Å². The predicted molar refractivity (Wildman–Crippen MR) is 269 cm³/mol. The average Bonchev–Trinajstić information content (AvgIpc) is 3.83. The summed E-state index contributed by atoms with van der Waals surface area (Å²) in [5.74, 6) is -2.82. The van der Waals surface area contributed by atoms with Crippen LogP contribution in [0.2, 0.25) is 0 Å². The molecule has 1 aromatic heterocycles. The number of nitrogens with zero attached hydrogens (tertiary/aromatic N) is 4. The van der Waals surface area contributed by atoms with Gasteiger partial charge in [0, 0.05) is 89.0 Å². The first-order valence-electron chi connectivity index (χ1n) is 24.3. The Labute approximate surface area is 412 Å². The number of H-pyrrole nitrogens is 1. The molecule has 1 heterocycles. The first-order valence-corrected chi connectivity index (χ1v) is 24.9. The molecule has 69 heavy (non-hydrogen) atoms. The number of Topliss-reactive ketones (excluding diaryl/α,β-unsaturated/α-hetero) is 1. The molecule has 0 aliphatic heterocycles. The van der Waals surface area contributed by atoms with Gasteiger partial charge < -0.3 is 69.8 Å². The van der Waals surface area contributed by atoms with Crippen molar-refractivity contribution in [3.05, 3.63) is 18.2 Å². The highest BCUT2D eigenvalue weighted by Crippen LogP contribution is 2.16. The molecule has 24 heteroatoms. The van der Waals surface area contributed by atoms with Gasteiger partial charge in [-0.25, -0.2) is 4.98 Å². The number of nitrogens with two attached hydrogens (primary N) is 5. The Morgan fingerprint density at radius 3 is 1.87 bits per heavy atom. The summed E-state index contributed by atoms with van der Waals surface area (Å²) in [4.78, 5) is 108. The van der Waals surface area contributed by atoms with Crippen LogP contribution in [0.4, 0.5) is 0 Å². The number of hydrogen-bond donors (Lipinski definition) is 13. The summed E-state index contributed by atoms with van der Waals surface area (Å²) in [5, 5.41) is 28.2. The van der Waals surface area contributed by atoms with E-state index in [0.717, 1.165) is 19.3 Å². The van der Waals surface area contributed by atoms with Crippen molar-refractivity contribution in [2.45, 2.75) is 153 Å². The van der Waals surface area contributed by atoms with Gasteiger partial charge in [-0.2, -0.15) is 12.6 Å². The first kappa shape index (κ1) is 61.7. The molecule has 6 amide bonds. The molecule has 23 nitrogen and oxygen atoms in total. The number of amides is 6. The number of rotatable bonds is 41. The van der Waals surface area contributed by atoms with Crippen LogP contribution in [0.5, 0.6) is 0 Å². The summed E-state index contributed by atoms with van der Waals surface area (Å²) >= 11 is 4.20. The van der Waals surface area contributed by atoms with Gasteiger partial charge in [0.1, 0.15) is 23.9 Å². The van der Waals surface area contributed by atoms with Crippen LogP contribution in [0.3, 0.4) is 0 Å². The van der Waals surface area contributed by atoms with Crippen molar-refractivity contribution in [3.8, 4) is 0 Å². The molecule has 17 N–H and O–H groups in total. The maximum Gasteiger partial charge on any atom is 0.243 e. The Bertz CT molecular complexity index is 1720. The smallest absolute Gasteiger partial charge is 0.243 e. The lowest BCUT2D eigenvalue weighted by Gasteiger charge is -2.33. The third-order valence-electron chi connectivity index (χ3n) is 11.1. The van der Waals surface area contributed by atoms with Gasteiger partial charge in [0.15, 0.2) is 5.96 Å². The minimum absolute atomic E-state index is 0.00687. The van der Waals surface area contributed by atoms with Crippen LogP contribution in [0, 0.1) is 5.41 Å². The largest absolute Gasteiger partial charge is 0.393 e. The maximum absolute atomic E-state index is 14.3. The third kappa shape index (κ3) is 28.7. The molecular formula is C45H83N15O8S. The van der Waals surface area contributed by atoms with Crippen LogP contribution in [0.1, 0.15) is 128 Å². The molecule has 0 saturated heterocycles. The Balaban J connectivity index is 3.41. The number of thiol groups is 1. The average molecular weight is 994 g/mol. The Hall–Kier alpha value is -5.33. The molecule has 392 valence electrons. The fourth-order valence-corrected chi connectivity index (χ4v) is 7.66. The topological polar surface area (TPSA) is 389 Å². The lowest BCUT2D eigenvalue weighted by molar-refractivity contribution is -0.142. The van der Waals surface area contributed by atoms with E-state index in [0.29, 0.717) is 83.0 Å². The van der Waals surface area contributed by atoms with E-state index in [2.05, 4.69) is 48.9 Å². The molecule has 1 aromatic rings. The summed E-state index contributed by atoms with van der Waals surface area (Å²) in [6, 6.07) is -3.04. The number of unbranched alkanes of at least 4 members (excludes halogenated alkanes) is 5. The van der Waals surface area contributed by atoms with Crippen LogP contribution in [-0.4, -0.2) is 160 Å². The van der Waals surface area contributed by atoms with Crippen LogP contribution >= 0.6 is 12.6 Å². The molecule has 4 unspecified atom stereocenters. The number of aryl methyl sites for hydroxylation is 1. The molecule has 0 saturated carbocycles.